The van der Waals surface area contributed by atoms with Crippen molar-refractivity contribution in [3.05, 3.63) is 94.6 Å². The number of methoxy groups -OCH3 is 1. The first-order valence-corrected chi connectivity index (χ1v) is 20.7. The molecule has 7 rings (SSSR count). The predicted molar refractivity (Wildman–Crippen MR) is 236 cm³/mol. The Morgan fingerprint density at radius 3 is 2.00 bits per heavy atom. The zero-order valence-electron chi connectivity index (χ0n) is 36.0. The van der Waals surface area contributed by atoms with Crippen molar-refractivity contribution < 1.29 is 33.7 Å². The minimum atomic E-state index is -1.19. The topological polar surface area (TPSA) is 250 Å². The van der Waals surface area contributed by atoms with E-state index in [9.17, 15) is 19.5 Å². The molecule has 63 heavy (non-hydrogen) atoms. The number of ether oxygens (including phenoxy) is 3. The molecule has 1 fully saturated rings. The molecule has 3 amide bonds. The van der Waals surface area contributed by atoms with Crippen molar-refractivity contribution in [1.29, 1.82) is 0 Å². The summed E-state index contributed by atoms with van der Waals surface area (Å²) in [7, 11) is 1.48. The monoisotopic (exact) mass is 863 g/mol. The van der Waals surface area contributed by atoms with Crippen molar-refractivity contribution >= 4 is 51.7 Å². The van der Waals surface area contributed by atoms with E-state index in [2.05, 4.69) is 25.7 Å². The van der Waals surface area contributed by atoms with Gasteiger partial charge in [0.2, 0.25) is 23.7 Å². The summed E-state index contributed by atoms with van der Waals surface area (Å²) >= 11 is 0. The van der Waals surface area contributed by atoms with Gasteiger partial charge in [-0.15, -0.1) is 0 Å². The first-order chi connectivity index (χ1) is 30.4. The van der Waals surface area contributed by atoms with Crippen LogP contribution in [-0.2, 0) is 30.9 Å². The van der Waals surface area contributed by atoms with Crippen molar-refractivity contribution in [2.75, 3.05) is 57.2 Å². The summed E-state index contributed by atoms with van der Waals surface area (Å²) in [5.41, 5.74) is 16.0. The molecule has 0 aliphatic carbocycles. The highest BCUT2D eigenvalue weighted by Crippen LogP contribution is 2.33. The van der Waals surface area contributed by atoms with E-state index in [0.717, 1.165) is 25.3 Å². The molecule has 1 unspecified atom stereocenters. The number of allylic oxidation sites excluding steroid dienone is 2. The number of rotatable bonds is 19. The third kappa shape index (κ3) is 9.72. The number of aryl methyl sites for hydroxylation is 4. The number of aromatic nitrogens is 8. The molecular formula is C43H53N13O7. The van der Waals surface area contributed by atoms with Crippen LogP contribution in [0.1, 0.15) is 68.4 Å². The van der Waals surface area contributed by atoms with E-state index in [1.54, 1.807) is 54.9 Å². The summed E-state index contributed by atoms with van der Waals surface area (Å²) in [5.74, 6) is -0.587. The molecule has 0 spiro atoms. The molecule has 7 N–H and O–H groups in total. The Morgan fingerprint density at radius 2 is 1.37 bits per heavy atom. The van der Waals surface area contributed by atoms with Crippen molar-refractivity contribution in [1.82, 2.24) is 43.6 Å². The van der Waals surface area contributed by atoms with E-state index >= 15 is 0 Å². The standard InChI is InChI=1S/C43H53N13O7/c1-6-55-32(20-26(3)50-55)40(59)48-42-46-30-22-28(38(44)57)24-34(61-5)36(30)53(42)13-8-9-14-54-37-31(47-43(54)49-41(60)33-21-27(4)51-56(33)7-2)23-29(39(45)58)25-35(37)63-17-11-10-12-52-15-18-62-19-16-52/h8-11,20-25,40,59H,6-7,12-19H2,1-5H3,(H2,44,57)(H2,45,58)(H,46,48)(H,47,49,60)/b9-8+,11-10-. The zero-order chi connectivity index (χ0) is 44.8. The van der Waals surface area contributed by atoms with Gasteiger partial charge in [0.1, 0.15) is 34.8 Å². The molecule has 0 radical (unpaired) electrons. The lowest BCUT2D eigenvalue weighted by Gasteiger charge is -2.25. The molecule has 1 aliphatic heterocycles. The minimum Gasteiger partial charge on any atom is -0.494 e. The second kappa shape index (κ2) is 19.3. The van der Waals surface area contributed by atoms with E-state index in [4.69, 9.17) is 35.6 Å². The molecular weight excluding hydrogens is 811 g/mol. The van der Waals surface area contributed by atoms with E-state index in [1.807, 2.05) is 52.0 Å². The summed E-state index contributed by atoms with van der Waals surface area (Å²) in [6.45, 7) is 12.9. The maximum absolute atomic E-state index is 13.8. The average molecular weight is 864 g/mol. The highest BCUT2D eigenvalue weighted by molar-refractivity contribution is 6.04. The number of hydrogen-bond acceptors (Lipinski definition) is 13. The molecule has 1 atom stereocenters. The lowest BCUT2D eigenvalue weighted by Crippen LogP contribution is -2.36. The maximum atomic E-state index is 13.8. The predicted octanol–water partition coefficient (Wildman–Crippen LogP) is 3.52. The molecule has 0 bridgehead atoms. The zero-order valence-corrected chi connectivity index (χ0v) is 36.0. The molecule has 2 aromatic carbocycles. The number of primary amides is 2. The SMILES string of the molecule is CCn1nc(C)cc1C(=O)Nc1nc2cc(C(N)=O)cc(OC/C=C\CN3CCOCC3)c2n1C/C=C/Cn1c(NC(O)c2cc(C)nn2CC)nc2cc(C(N)=O)cc(OC)c21. The van der Waals surface area contributed by atoms with Crippen molar-refractivity contribution in [3.8, 4) is 11.5 Å². The third-order valence-corrected chi connectivity index (χ3v) is 10.6. The van der Waals surface area contributed by atoms with Gasteiger partial charge in [-0.05, 0) is 64.1 Å². The van der Waals surface area contributed by atoms with Gasteiger partial charge in [0, 0.05) is 56.9 Å². The highest BCUT2D eigenvalue weighted by atomic mass is 16.5. The van der Waals surface area contributed by atoms with E-state index in [-0.39, 0.29) is 42.7 Å². The molecule has 5 heterocycles. The Kier molecular flexibility index (Phi) is 13.5. The molecule has 1 saturated heterocycles. The fourth-order valence-electron chi connectivity index (χ4n) is 7.51. The number of aliphatic hydroxyl groups is 1. The molecule has 0 saturated carbocycles. The van der Waals surface area contributed by atoms with Crippen LogP contribution < -0.4 is 31.6 Å². The Labute approximate surface area is 363 Å². The van der Waals surface area contributed by atoms with Gasteiger partial charge < -0.3 is 45.2 Å². The Balaban J connectivity index is 1.25. The molecule has 4 aromatic heterocycles. The summed E-state index contributed by atoms with van der Waals surface area (Å²) in [6, 6.07) is 9.73. The number of carbonyl (C=O) groups is 3. The Bertz CT molecular complexity index is 2700. The number of benzene rings is 2. The Hall–Kier alpha value is -7.03. The first-order valence-electron chi connectivity index (χ1n) is 20.7. The van der Waals surface area contributed by atoms with Crippen LogP contribution in [0.15, 0.2) is 60.7 Å². The summed E-state index contributed by atoms with van der Waals surface area (Å²) < 4.78 is 24.4. The van der Waals surface area contributed by atoms with Crippen LogP contribution in [-0.4, -0.2) is 113 Å². The number of nitrogens with one attached hydrogen (secondary N) is 2. The number of aliphatic hydroxyl groups excluding tert-OH is 1. The first kappa shape index (κ1) is 44.0. The minimum absolute atomic E-state index is 0.174. The molecule has 6 aromatic rings. The number of nitrogens with two attached hydrogens (primary N) is 2. The summed E-state index contributed by atoms with van der Waals surface area (Å²) in [5, 5.41) is 26.4. The number of nitrogens with zero attached hydrogens (tertiary/aromatic N) is 9. The Morgan fingerprint density at radius 1 is 0.794 bits per heavy atom. The van der Waals surface area contributed by atoms with Crippen molar-refractivity contribution in [2.45, 2.75) is 60.1 Å². The van der Waals surface area contributed by atoms with Gasteiger partial charge >= 0.3 is 0 Å². The van der Waals surface area contributed by atoms with Gasteiger partial charge in [-0.25, -0.2) is 9.97 Å². The quantitative estimate of drug-likeness (QED) is 0.0579. The average Bonchev–Trinajstić information content (AvgIpc) is 4.04. The second-order valence-corrected chi connectivity index (χ2v) is 14.9. The number of imidazole rings is 2. The van der Waals surface area contributed by atoms with Crippen molar-refractivity contribution in [2.24, 2.45) is 11.5 Å². The van der Waals surface area contributed by atoms with Crippen LogP contribution >= 0.6 is 0 Å². The van der Waals surface area contributed by atoms with E-state index in [1.165, 1.54) is 7.11 Å². The fourth-order valence-corrected chi connectivity index (χ4v) is 7.51. The number of morpholine rings is 1. The molecule has 1 aliphatic rings. The van der Waals surface area contributed by atoms with Gasteiger partial charge in [0.05, 0.1) is 48.4 Å². The van der Waals surface area contributed by atoms with Crippen LogP contribution in [0.3, 0.4) is 0 Å². The van der Waals surface area contributed by atoms with Crippen molar-refractivity contribution in [3.63, 3.8) is 0 Å². The van der Waals surface area contributed by atoms with Gasteiger partial charge in [-0.2, -0.15) is 10.2 Å². The largest absolute Gasteiger partial charge is 0.494 e. The van der Waals surface area contributed by atoms with Gasteiger partial charge in [-0.1, -0.05) is 24.3 Å². The number of anilines is 2. The second-order valence-electron chi connectivity index (χ2n) is 14.9. The number of amides is 3. The smallest absolute Gasteiger partial charge is 0.276 e. The van der Waals surface area contributed by atoms with E-state index < -0.39 is 23.9 Å². The summed E-state index contributed by atoms with van der Waals surface area (Å²) in [4.78, 5) is 50.5. The molecule has 20 nitrogen and oxygen atoms in total. The van der Waals surface area contributed by atoms with Crippen LogP contribution in [0, 0.1) is 13.8 Å². The highest BCUT2D eigenvalue weighted by Gasteiger charge is 2.24. The van der Waals surface area contributed by atoms with Gasteiger partial charge in [-0.3, -0.25) is 34.0 Å². The van der Waals surface area contributed by atoms with Crippen LogP contribution in [0.25, 0.3) is 22.1 Å². The van der Waals surface area contributed by atoms with Crippen LogP contribution in [0.2, 0.25) is 0 Å². The van der Waals surface area contributed by atoms with E-state index in [0.29, 0.717) is 77.0 Å². The lowest BCUT2D eigenvalue weighted by molar-refractivity contribution is 0.0434. The number of carbonyl (C=O) groups excluding carboxylic acids is 3. The number of fused-ring (bicyclic) bond motifs is 2. The normalized spacial score (nSPS) is 14.0. The lowest BCUT2D eigenvalue weighted by atomic mass is 10.1. The fraction of sp³-hybridized carbons (Fsp3) is 0.372. The molecule has 332 valence electrons. The molecule has 20 heteroatoms. The van der Waals surface area contributed by atoms with Gasteiger partial charge in [0.15, 0.2) is 6.23 Å². The third-order valence-electron chi connectivity index (χ3n) is 10.6. The van der Waals surface area contributed by atoms with Crippen LogP contribution in [0.5, 0.6) is 11.5 Å². The summed E-state index contributed by atoms with van der Waals surface area (Å²) in [6.07, 6.45) is 6.49. The maximum Gasteiger partial charge on any atom is 0.276 e. The number of hydrogen-bond donors (Lipinski definition) is 5. The van der Waals surface area contributed by atoms with Gasteiger partial charge in [0.25, 0.3) is 5.91 Å². The van der Waals surface area contributed by atoms with Crippen LogP contribution in [0.4, 0.5) is 11.9 Å².